The Hall–Kier alpha value is -4.41. The lowest BCUT2D eigenvalue weighted by molar-refractivity contribution is -0.116. The number of carbonyl (C=O) groups excluding carboxylic acids is 1. The smallest absolute Gasteiger partial charge is 0.298 e. The van der Waals surface area contributed by atoms with Crippen molar-refractivity contribution in [3.63, 3.8) is 0 Å². The van der Waals surface area contributed by atoms with Gasteiger partial charge in [0.15, 0.2) is 11.6 Å². The van der Waals surface area contributed by atoms with Crippen molar-refractivity contribution in [3.05, 3.63) is 81.9 Å². The van der Waals surface area contributed by atoms with Crippen LogP contribution < -0.4 is 16.2 Å². The Morgan fingerprint density at radius 1 is 1.09 bits per heavy atom. The number of tetrazole rings is 1. The van der Waals surface area contributed by atoms with Gasteiger partial charge in [0, 0.05) is 36.6 Å². The molecule has 1 amide bonds. The van der Waals surface area contributed by atoms with E-state index in [2.05, 4.69) is 36.2 Å². The van der Waals surface area contributed by atoms with Crippen molar-refractivity contribution >= 4 is 23.1 Å². The fourth-order valence-corrected chi connectivity index (χ4v) is 3.69. The number of halogens is 1. The first-order valence-electron chi connectivity index (χ1n) is 10.4. The van der Waals surface area contributed by atoms with Crippen molar-refractivity contribution < 1.29 is 9.18 Å². The zero-order valence-corrected chi connectivity index (χ0v) is 17.4. The molecular weight excluding hydrogens is 427 g/mol. The normalized spacial score (nSPS) is 12.8. The minimum Gasteiger partial charge on any atom is -0.333 e. The Morgan fingerprint density at radius 2 is 1.94 bits per heavy atom. The summed E-state index contributed by atoms with van der Waals surface area (Å²) < 4.78 is 16.0. The number of nitrogens with zero attached hydrogens (tertiary/aromatic N) is 5. The Kier molecular flexibility index (Phi) is 5.35. The molecule has 0 fully saturated rings. The minimum atomic E-state index is -0.521. The summed E-state index contributed by atoms with van der Waals surface area (Å²) in [5.74, 6) is -0.0396. The van der Waals surface area contributed by atoms with Gasteiger partial charge in [-0.2, -0.15) is 5.21 Å². The van der Waals surface area contributed by atoms with Crippen molar-refractivity contribution in [1.82, 2.24) is 30.2 Å². The molecule has 11 heteroatoms. The predicted molar refractivity (Wildman–Crippen MR) is 118 cm³/mol. The van der Waals surface area contributed by atoms with Crippen molar-refractivity contribution in [2.75, 3.05) is 10.6 Å². The van der Waals surface area contributed by atoms with Gasteiger partial charge in [-0.25, -0.2) is 9.37 Å². The molecule has 10 nitrogen and oxygen atoms in total. The average Bonchev–Trinajstić information content (AvgIpc) is 3.34. The summed E-state index contributed by atoms with van der Waals surface area (Å²) in [5.41, 5.74) is 2.58. The molecule has 33 heavy (non-hydrogen) atoms. The fraction of sp³-hybridized carbons (Fsp3) is 0.182. The van der Waals surface area contributed by atoms with Crippen LogP contribution in [-0.4, -0.2) is 36.1 Å². The number of nitrogens with one attached hydrogen (secondary N) is 3. The van der Waals surface area contributed by atoms with Crippen LogP contribution in [0.3, 0.4) is 0 Å². The highest BCUT2D eigenvalue weighted by Crippen LogP contribution is 2.29. The molecule has 2 aromatic carbocycles. The van der Waals surface area contributed by atoms with E-state index >= 15 is 0 Å². The standard InChI is InChI=1S/C22H19FN8O2/c23-16-11-14-4-8-20(32)25-17(14)12-18(16)26-21-22(33)31(10-9-24-21)15-5-1-13(2-6-15)3-7-19-27-29-30-28-19/h1-2,5-6,9-12H,3-4,7-8H2,(H,24,26)(H,25,32)(H,27,28,29,30). The number of benzene rings is 2. The highest BCUT2D eigenvalue weighted by atomic mass is 19.1. The molecule has 0 unspecified atom stereocenters. The van der Waals surface area contributed by atoms with Crippen LogP contribution in [0.4, 0.5) is 21.6 Å². The quantitative estimate of drug-likeness (QED) is 0.414. The molecule has 0 saturated heterocycles. The van der Waals surface area contributed by atoms with Crippen LogP contribution in [0.5, 0.6) is 0 Å². The zero-order valence-electron chi connectivity index (χ0n) is 17.4. The number of H-pyrrole nitrogens is 1. The van der Waals surface area contributed by atoms with Gasteiger partial charge in [-0.15, -0.1) is 10.2 Å². The Morgan fingerprint density at radius 3 is 2.73 bits per heavy atom. The Labute approximate surface area is 186 Å². The van der Waals surface area contributed by atoms with Gasteiger partial charge < -0.3 is 10.6 Å². The summed E-state index contributed by atoms with van der Waals surface area (Å²) in [5, 5.41) is 19.3. The highest BCUT2D eigenvalue weighted by molar-refractivity contribution is 5.94. The number of amides is 1. The van der Waals surface area contributed by atoms with Crippen LogP contribution in [0.2, 0.25) is 0 Å². The molecule has 166 valence electrons. The first kappa shape index (κ1) is 20.5. The second-order valence-electron chi connectivity index (χ2n) is 7.61. The van der Waals surface area contributed by atoms with Crippen LogP contribution in [0.1, 0.15) is 23.4 Å². The Bertz CT molecular complexity index is 1370. The number of rotatable bonds is 6. The SMILES string of the molecule is O=C1CCc2cc(F)c(Nc3nccn(-c4ccc(CCc5nn[nH]n5)cc4)c3=O)cc2N1. The van der Waals surface area contributed by atoms with E-state index in [1.165, 1.54) is 22.9 Å². The minimum absolute atomic E-state index is 0.0281. The van der Waals surface area contributed by atoms with E-state index in [9.17, 15) is 14.0 Å². The molecule has 4 aromatic rings. The summed E-state index contributed by atoms with van der Waals surface area (Å²) in [6, 6.07) is 10.3. The fourth-order valence-electron chi connectivity index (χ4n) is 3.69. The number of hydrogen-bond donors (Lipinski definition) is 3. The molecule has 0 bridgehead atoms. The van der Waals surface area contributed by atoms with E-state index < -0.39 is 11.4 Å². The molecule has 1 aliphatic heterocycles. The lowest BCUT2D eigenvalue weighted by Crippen LogP contribution is -2.22. The molecule has 0 aliphatic carbocycles. The van der Waals surface area contributed by atoms with Gasteiger partial charge in [0.25, 0.3) is 5.56 Å². The van der Waals surface area contributed by atoms with E-state index in [-0.39, 0.29) is 17.4 Å². The van der Waals surface area contributed by atoms with Crippen LogP contribution in [0, 0.1) is 5.82 Å². The molecule has 1 aliphatic rings. The highest BCUT2D eigenvalue weighted by Gasteiger charge is 2.18. The molecule has 3 heterocycles. The van der Waals surface area contributed by atoms with E-state index in [0.29, 0.717) is 36.5 Å². The summed E-state index contributed by atoms with van der Waals surface area (Å²) in [6.07, 6.45) is 5.18. The predicted octanol–water partition coefficient (Wildman–Crippen LogP) is 2.30. The molecule has 2 aromatic heterocycles. The van der Waals surface area contributed by atoms with E-state index in [0.717, 1.165) is 17.5 Å². The molecular formula is C22H19FN8O2. The topological polar surface area (TPSA) is 130 Å². The van der Waals surface area contributed by atoms with Gasteiger partial charge in [-0.1, -0.05) is 17.3 Å². The third-order valence-electron chi connectivity index (χ3n) is 5.42. The van der Waals surface area contributed by atoms with Crippen LogP contribution in [0.25, 0.3) is 5.69 Å². The zero-order chi connectivity index (χ0) is 22.8. The van der Waals surface area contributed by atoms with E-state index in [4.69, 9.17) is 0 Å². The first-order valence-corrected chi connectivity index (χ1v) is 10.4. The van der Waals surface area contributed by atoms with Gasteiger partial charge in [-0.05, 0) is 48.2 Å². The number of fused-ring (bicyclic) bond motifs is 1. The van der Waals surface area contributed by atoms with Crippen molar-refractivity contribution in [2.24, 2.45) is 0 Å². The van der Waals surface area contributed by atoms with Crippen molar-refractivity contribution in [1.29, 1.82) is 0 Å². The maximum absolute atomic E-state index is 14.6. The number of aromatic amines is 1. The lowest BCUT2D eigenvalue weighted by Gasteiger charge is -2.18. The Balaban J connectivity index is 1.37. The molecule has 3 N–H and O–H groups in total. The van der Waals surface area contributed by atoms with Crippen LogP contribution in [0.15, 0.2) is 53.6 Å². The molecule has 0 saturated carbocycles. The third kappa shape index (κ3) is 4.33. The van der Waals surface area contributed by atoms with E-state index in [1.54, 1.807) is 6.20 Å². The largest absolute Gasteiger partial charge is 0.333 e. The van der Waals surface area contributed by atoms with Gasteiger partial charge in [0.2, 0.25) is 5.91 Å². The van der Waals surface area contributed by atoms with Gasteiger partial charge in [0.05, 0.1) is 5.69 Å². The summed E-state index contributed by atoms with van der Waals surface area (Å²) in [4.78, 5) is 28.8. The third-order valence-corrected chi connectivity index (χ3v) is 5.42. The van der Waals surface area contributed by atoms with Crippen LogP contribution >= 0.6 is 0 Å². The monoisotopic (exact) mass is 446 g/mol. The number of carbonyl (C=O) groups is 1. The van der Waals surface area contributed by atoms with Crippen molar-refractivity contribution in [2.45, 2.75) is 25.7 Å². The molecule has 5 rings (SSSR count). The molecule has 0 atom stereocenters. The second-order valence-corrected chi connectivity index (χ2v) is 7.61. The number of aromatic nitrogens is 6. The van der Waals surface area contributed by atoms with Gasteiger partial charge in [0.1, 0.15) is 5.82 Å². The van der Waals surface area contributed by atoms with Crippen molar-refractivity contribution in [3.8, 4) is 5.69 Å². The maximum Gasteiger partial charge on any atom is 0.298 e. The second kappa shape index (κ2) is 8.61. The summed E-state index contributed by atoms with van der Waals surface area (Å²) >= 11 is 0. The summed E-state index contributed by atoms with van der Waals surface area (Å²) in [6.45, 7) is 0. The number of aryl methyl sites for hydroxylation is 3. The average molecular weight is 446 g/mol. The van der Waals surface area contributed by atoms with Gasteiger partial charge in [-0.3, -0.25) is 14.2 Å². The molecule has 0 spiro atoms. The van der Waals surface area contributed by atoms with Gasteiger partial charge >= 0.3 is 0 Å². The molecule has 0 radical (unpaired) electrons. The van der Waals surface area contributed by atoms with Crippen LogP contribution in [-0.2, 0) is 24.1 Å². The lowest BCUT2D eigenvalue weighted by atomic mass is 10.0. The van der Waals surface area contributed by atoms with E-state index in [1.807, 2.05) is 24.3 Å². The maximum atomic E-state index is 14.6. The number of hydrogen-bond acceptors (Lipinski definition) is 7. The first-order chi connectivity index (χ1) is 16.1. The number of anilines is 3. The summed E-state index contributed by atoms with van der Waals surface area (Å²) in [7, 11) is 0.